The van der Waals surface area contributed by atoms with Crippen molar-refractivity contribution in [3.8, 4) is 0 Å². The molecule has 0 saturated carbocycles. The topological polar surface area (TPSA) is 46.2 Å². The van der Waals surface area contributed by atoms with Crippen molar-refractivity contribution >= 4 is 0 Å². The van der Waals surface area contributed by atoms with Gasteiger partial charge in [-0.05, 0) is 19.4 Å². The van der Waals surface area contributed by atoms with Crippen LogP contribution in [-0.2, 0) is 0 Å². The van der Waals surface area contributed by atoms with Gasteiger partial charge in [0.1, 0.15) is 5.82 Å². The first-order valence-corrected chi connectivity index (χ1v) is 4.27. The normalized spacial score (nSPS) is 12.9. The average Bonchev–Trinajstić information content (AvgIpc) is 2.09. The molecule has 1 atom stereocenters. The molecule has 1 aromatic rings. The van der Waals surface area contributed by atoms with Gasteiger partial charge in [0.2, 0.25) is 0 Å². The van der Waals surface area contributed by atoms with Crippen molar-refractivity contribution in [2.75, 3.05) is 6.61 Å². The minimum Gasteiger partial charge on any atom is -0.396 e. The molecule has 0 aliphatic rings. The van der Waals surface area contributed by atoms with Gasteiger partial charge in [-0.1, -0.05) is 17.7 Å². The quantitative estimate of drug-likeness (QED) is 0.746. The molecule has 0 unspecified atom stereocenters. The molecule has 0 spiro atoms. The summed E-state index contributed by atoms with van der Waals surface area (Å²) in [5.74, 6) is -0.299. The van der Waals surface area contributed by atoms with Crippen molar-refractivity contribution in [1.82, 2.24) is 0 Å². The number of halogens is 1. The molecule has 0 radical (unpaired) electrons. The van der Waals surface area contributed by atoms with E-state index in [4.69, 9.17) is 10.8 Å². The predicted octanol–water partition coefficient (Wildman–Crippen LogP) is 1.52. The molecule has 1 rings (SSSR count). The van der Waals surface area contributed by atoms with E-state index in [0.29, 0.717) is 12.0 Å². The Morgan fingerprint density at radius 3 is 2.85 bits per heavy atom. The monoisotopic (exact) mass is 183 g/mol. The summed E-state index contributed by atoms with van der Waals surface area (Å²) in [6, 6.07) is 4.41. The second-order valence-corrected chi connectivity index (χ2v) is 3.14. The maximum Gasteiger partial charge on any atom is 0.127 e. The first kappa shape index (κ1) is 10.2. The average molecular weight is 183 g/mol. The number of hydrogen-bond donors (Lipinski definition) is 2. The molecule has 0 amide bonds. The zero-order valence-electron chi connectivity index (χ0n) is 7.63. The molecular weight excluding hydrogens is 169 g/mol. The van der Waals surface area contributed by atoms with Crippen LogP contribution in [0.2, 0.25) is 0 Å². The lowest BCUT2D eigenvalue weighted by Gasteiger charge is -2.11. The van der Waals surface area contributed by atoms with Gasteiger partial charge in [0.25, 0.3) is 0 Å². The minimum absolute atomic E-state index is 0.0193. The smallest absolute Gasteiger partial charge is 0.127 e. The van der Waals surface area contributed by atoms with Crippen molar-refractivity contribution in [1.29, 1.82) is 0 Å². The number of nitrogens with two attached hydrogens (primary N) is 1. The Hall–Kier alpha value is -0.930. The van der Waals surface area contributed by atoms with Gasteiger partial charge in [-0.25, -0.2) is 4.39 Å². The fraction of sp³-hybridized carbons (Fsp3) is 0.400. The van der Waals surface area contributed by atoms with Crippen LogP contribution >= 0.6 is 0 Å². The Balaban J connectivity index is 2.91. The lowest BCUT2D eigenvalue weighted by molar-refractivity contribution is 0.275. The van der Waals surface area contributed by atoms with Gasteiger partial charge < -0.3 is 10.8 Å². The molecule has 1 aromatic carbocycles. The van der Waals surface area contributed by atoms with Gasteiger partial charge in [0.15, 0.2) is 0 Å². The zero-order chi connectivity index (χ0) is 9.84. The number of aliphatic hydroxyl groups excluding tert-OH is 1. The number of benzene rings is 1. The lowest BCUT2D eigenvalue weighted by atomic mass is 10.0. The summed E-state index contributed by atoms with van der Waals surface area (Å²) < 4.78 is 13.2. The van der Waals surface area contributed by atoms with Crippen LogP contribution in [0.1, 0.15) is 23.6 Å². The Morgan fingerprint density at radius 1 is 1.54 bits per heavy atom. The summed E-state index contributed by atoms with van der Waals surface area (Å²) in [5.41, 5.74) is 7.13. The summed E-state index contributed by atoms with van der Waals surface area (Å²) in [4.78, 5) is 0. The van der Waals surface area contributed by atoms with E-state index in [-0.39, 0.29) is 12.4 Å². The predicted molar refractivity (Wildman–Crippen MR) is 49.8 cm³/mol. The molecule has 0 aromatic heterocycles. The van der Waals surface area contributed by atoms with Gasteiger partial charge in [-0.2, -0.15) is 0 Å². The maximum absolute atomic E-state index is 13.2. The first-order chi connectivity index (χ1) is 6.15. The number of aliphatic hydroxyl groups is 1. The van der Waals surface area contributed by atoms with Crippen molar-refractivity contribution in [3.05, 3.63) is 35.1 Å². The molecule has 3 N–H and O–H groups in total. The largest absolute Gasteiger partial charge is 0.396 e. The van der Waals surface area contributed by atoms with E-state index in [1.54, 1.807) is 12.1 Å². The van der Waals surface area contributed by atoms with Crippen LogP contribution in [0.25, 0.3) is 0 Å². The third-order valence-electron chi connectivity index (χ3n) is 1.99. The summed E-state index contributed by atoms with van der Waals surface area (Å²) in [5, 5.41) is 8.66. The molecule has 3 heteroatoms. The standard InChI is InChI=1S/C10H14FNO/c1-7-2-3-9(11)8(6-7)10(12)4-5-13/h2-3,6,10,13H,4-5,12H2,1H3/t10-/m1/s1. The van der Waals surface area contributed by atoms with Crippen LogP contribution in [0.15, 0.2) is 18.2 Å². The molecule has 0 saturated heterocycles. The lowest BCUT2D eigenvalue weighted by Crippen LogP contribution is -2.13. The van der Waals surface area contributed by atoms with Crippen LogP contribution in [0.4, 0.5) is 4.39 Å². The van der Waals surface area contributed by atoms with E-state index in [1.807, 2.05) is 6.92 Å². The summed E-state index contributed by atoms with van der Waals surface area (Å²) in [6.07, 6.45) is 0.389. The van der Waals surface area contributed by atoms with Crippen molar-refractivity contribution in [2.45, 2.75) is 19.4 Å². The van der Waals surface area contributed by atoms with Crippen molar-refractivity contribution in [2.24, 2.45) is 5.73 Å². The van der Waals surface area contributed by atoms with E-state index >= 15 is 0 Å². The summed E-state index contributed by atoms with van der Waals surface area (Å²) >= 11 is 0. The second-order valence-electron chi connectivity index (χ2n) is 3.14. The van der Waals surface area contributed by atoms with Crippen LogP contribution in [0.5, 0.6) is 0 Å². The fourth-order valence-corrected chi connectivity index (χ4v) is 1.24. The van der Waals surface area contributed by atoms with Crippen LogP contribution in [0.3, 0.4) is 0 Å². The van der Waals surface area contributed by atoms with E-state index in [2.05, 4.69) is 0 Å². The highest BCUT2D eigenvalue weighted by Crippen LogP contribution is 2.18. The second kappa shape index (κ2) is 4.35. The maximum atomic E-state index is 13.2. The molecule has 2 nitrogen and oxygen atoms in total. The highest BCUT2D eigenvalue weighted by atomic mass is 19.1. The number of rotatable bonds is 3. The molecule has 0 aliphatic carbocycles. The Labute approximate surface area is 77.2 Å². The van der Waals surface area contributed by atoms with Gasteiger partial charge in [-0.3, -0.25) is 0 Å². The minimum atomic E-state index is -0.412. The van der Waals surface area contributed by atoms with Crippen molar-refractivity contribution in [3.63, 3.8) is 0 Å². The van der Waals surface area contributed by atoms with E-state index in [9.17, 15) is 4.39 Å². The molecule has 72 valence electrons. The van der Waals surface area contributed by atoms with E-state index in [1.165, 1.54) is 6.07 Å². The third kappa shape index (κ3) is 2.50. The van der Waals surface area contributed by atoms with Gasteiger partial charge in [0.05, 0.1) is 0 Å². The van der Waals surface area contributed by atoms with Crippen molar-refractivity contribution < 1.29 is 9.50 Å². The highest BCUT2D eigenvalue weighted by Gasteiger charge is 2.10. The molecule has 13 heavy (non-hydrogen) atoms. The molecular formula is C10H14FNO. The van der Waals surface area contributed by atoms with E-state index < -0.39 is 6.04 Å². The van der Waals surface area contributed by atoms with Gasteiger partial charge >= 0.3 is 0 Å². The van der Waals surface area contributed by atoms with Crippen LogP contribution < -0.4 is 5.73 Å². The highest BCUT2D eigenvalue weighted by molar-refractivity contribution is 5.26. The first-order valence-electron chi connectivity index (χ1n) is 4.27. The summed E-state index contributed by atoms with van der Waals surface area (Å²) in [7, 11) is 0. The van der Waals surface area contributed by atoms with E-state index in [0.717, 1.165) is 5.56 Å². The number of aryl methyl sites for hydroxylation is 1. The van der Waals surface area contributed by atoms with Gasteiger partial charge in [0, 0.05) is 18.2 Å². The fourth-order valence-electron chi connectivity index (χ4n) is 1.24. The summed E-state index contributed by atoms with van der Waals surface area (Å²) in [6.45, 7) is 1.86. The Morgan fingerprint density at radius 2 is 2.23 bits per heavy atom. The molecule has 0 heterocycles. The SMILES string of the molecule is Cc1ccc(F)c([C@H](N)CCO)c1. The zero-order valence-corrected chi connectivity index (χ0v) is 7.63. The molecule has 0 fully saturated rings. The molecule has 0 bridgehead atoms. The van der Waals surface area contributed by atoms with Crippen LogP contribution in [0, 0.1) is 12.7 Å². The Kier molecular flexibility index (Phi) is 3.39. The number of hydrogen-bond acceptors (Lipinski definition) is 2. The molecule has 0 aliphatic heterocycles. The van der Waals surface area contributed by atoms with Crippen LogP contribution in [-0.4, -0.2) is 11.7 Å². The third-order valence-corrected chi connectivity index (χ3v) is 1.99. The van der Waals surface area contributed by atoms with Gasteiger partial charge in [-0.15, -0.1) is 0 Å². The Bertz CT molecular complexity index is 288.